The van der Waals surface area contributed by atoms with Crippen molar-refractivity contribution in [2.24, 2.45) is 0 Å². The first-order valence-corrected chi connectivity index (χ1v) is 8.61. The number of fused-ring (bicyclic) bond motifs is 1. The quantitative estimate of drug-likeness (QED) is 0.507. The van der Waals surface area contributed by atoms with Gasteiger partial charge in [-0.25, -0.2) is 0 Å². The van der Waals surface area contributed by atoms with E-state index in [-0.39, 0.29) is 23.9 Å². The number of hydrogen-bond donors (Lipinski definition) is 1. The Labute approximate surface area is 151 Å². The second-order valence-corrected chi connectivity index (χ2v) is 6.52. The van der Waals surface area contributed by atoms with Crippen molar-refractivity contribution < 1.29 is 19.0 Å². The smallest absolute Gasteiger partial charge is 0.311 e. The van der Waals surface area contributed by atoms with Crippen LogP contribution in [0.1, 0.15) is 29.5 Å². The lowest BCUT2D eigenvalue weighted by molar-refractivity contribution is -0.684. The van der Waals surface area contributed by atoms with Crippen molar-refractivity contribution in [2.45, 2.75) is 39.2 Å². The molecule has 0 saturated heterocycles. The summed E-state index contributed by atoms with van der Waals surface area (Å²) in [6, 6.07) is 4.98. The van der Waals surface area contributed by atoms with Crippen molar-refractivity contribution >= 4 is 17.3 Å². The summed E-state index contributed by atoms with van der Waals surface area (Å²) < 4.78 is 6.94. The fourth-order valence-corrected chi connectivity index (χ4v) is 3.29. The van der Waals surface area contributed by atoms with Crippen molar-refractivity contribution in [2.75, 3.05) is 12.4 Å². The van der Waals surface area contributed by atoms with Crippen LogP contribution in [0, 0.1) is 17.0 Å². The Kier molecular flexibility index (Phi) is 5.16. The number of rotatable bonds is 5. The van der Waals surface area contributed by atoms with Gasteiger partial charge in [-0.05, 0) is 43.7 Å². The average Bonchev–Trinajstić information content (AvgIpc) is 2.62. The zero-order valence-electron chi connectivity index (χ0n) is 14.9. The number of nitrogens with one attached hydrogen (secondary N) is 1. The topological polar surface area (TPSA) is 85.3 Å². The van der Waals surface area contributed by atoms with Crippen molar-refractivity contribution in [3.05, 3.63) is 57.4 Å². The highest BCUT2D eigenvalue weighted by Gasteiger charge is 2.20. The largest absolute Gasteiger partial charge is 0.490 e. The van der Waals surface area contributed by atoms with Gasteiger partial charge in [-0.1, -0.05) is 0 Å². The fourth-order valence-electron chi connectivity index (χ4n) is 3.29. The van der Waals surface area contributed by atoms with E-state index in [1.165, 1.54) is 43.2 Å². The number of nitro benzene ring substituents is 1. The molecule has 1 aromatic carbocycles. The lowest BCUT2D eigenvalue weighted by Crippen LogP contribution is -2.40. The molecule has 26 heavy (non-hydrogen) atoms. The van der Waals surface area contributed by atoms with Gasteiger partial charge in [0.25, 0.3) is 5.91 Å². The summed E-state index contributed by atoms with van der Waals surface area (Å²) in [6.07, 6.45) is 8.52. The monoisotopic (exact) mass is 356 g/mol. The second kappa shape index (κ2) is 7.51. The molecule has 1 aromatic heterocycles. The van der Waals surface area contributed by atoms with Gasteiger partial charge in [0.15, 0.2) is 18.1 Å². The molecular formula is C19H22N3O4+. The standard InChI is InChI=1S/C19H21N3O4/c1-13-9-17(22(24)25)18(26-2)10-16(13)20-19(23)12-21-8-7-14-5-3-4-6-15(14)11-21/h7-11H,3-6,12H2,1-2H3/p+1. The lowest BCUT2D eigenvalue weighted by Gasteiger charge is -2.13. The van der Waals surface area contributed by atoms with Crippen LogP contribution >= 0.6 is 0 Å². The van der Waals surface area contributed by atoms with E-state index >= 15 is 0 Å². The second-order valence-electron chi connectivity index (χ2n) is 6.52. The maximum atomic E-state index is 12.4. The third kappa shape index (κ3) is 3.82. The van der Waals surface area contributed by atoms with Crippen molar-refractivity contribution in [3.8, 4) is 5.75 Å². The minimum absolute atomic E-state index is 0.118. The molecule has 7 nitrogen and oxygen atoms in total. The van der Waals surface area contributed by atoms with Gasteiger partial charge in [0.1, 0.15) is 0 Å². The highest BCUT2D eigenvalue weighted by atomic mass is 16.6. The van der Waals surface area contributed by atoms with E-state index in [1.54, 1.807) is 6.92 Å². The molecule has 0 atom stereocenters. The number of carbonyl (C=O) groups is 1. The summed E-state index contributed by atoms with van der Waals surface area (Å²) in [5.41, 5.74) is 3.67. The summed E-state index contributed by atoms with van der Waals surface area (Å²) >= 11 is 0. The van der Waals surface area contributed by atoms with Crippen LogP contribution in [0.4, 0.5) is 11.4 Å². The fraction of sp³-hybridized carbons (Fsp3) is 0.368. The Hall–Kier alpha value is -2.96. The van der Waals surface area contributed by atoms with Gasteiger partial charge in [-0.3, -0.25) is 14.9 Å². The molecule has 0 fully saturated rings. The van der Waals surface area contributed by atoms with Crippen LogP contribution in [0.3, 0.4) is 0 Å². The molecule has 0 spiro atoms. The third-order valence-corrected chi connectivity index (χ3v) is 4.67. The van der Waals surface area contributed by atoms with E-state index in [0.717, 1.165) is 12.8 Å². The molecule has 136 valence electrons. The first-order chi connectivity index (χ1) is 12.5. The Morgan fingerprint density at radius 2 is 2.04 bits per heavy atom. The van der Waals surface area contributed by atoms with E-state index in [1.807, 2.05) is 17.0 Å². The number of aryl methyl sites for hydroxylation is 3. The maximum absolute atomic E-state index is 12.4. The van der Waals surface area contributed by atoms with E-state index in [2.05, 4.69) is 11.4 Å². The summed E-state index contributed by atoms with van der Waals surface area (Å²) in [5, 5.41) is 13.9. The first-order valence-electron chi connectivity index (χ1n) is 8.61. The van der Waals surface area contributed by atoms with Gasteiger partial charge in [-0.15, -0.1) is 0 Å². The predicted octanol–water partition coefficient (Wildman–Crippen LogP) is 2.72. The molecule has 2 aromatic rings. The van der Waals surface area contributed by atoms with Gasteiger partial charge in [0.05, 0.1) is 12.0 Å². The number of ether oxygens (including phenoxy) is 1. The zero-order valence-corrected chi connectivity index (χ0v) is 14.9. The molecule has 0 radical (unpaired) electrons. The maximum Gasteiger partial charge on any atom is 0.311 e. The Balaban J connectivity index is 1.75. The van der Waals surface area contributed by atoms with E-state index in [4.69, 9.17) is 4.74 Å². The minimum Gasteiger partial charge on any atom is -0.490 e. The highest BCUT2D eigenvalue weighted by Crippen LogP contribution is 2.32. The molecule has 1 aliphatic rings. The van der Waals surface area contributed by atoms with Gasteiger partial charge >= 0.3 is 5.69 Å². The number of anilines is 1. The number of amides is 1. The number of pyridine rings is 1. The Bertz CT molecular complexity index is 864. The number of carbonyl (C=O) groups excluding carboxylic acids is 1. The molecule has 1 aliphatic carbocycles. The number of aromatic nitrogens is 1. The summed E-state index contributed by atoms with van der Waals surface area (Å²) in [4.78, 5) is 23.0. The number of methoxy groups -OCH3 is 1. The van der Waals surface area contributed by atoms with Crippen LogP contribution in [0.5, 0.6) is 5.75 Å². The van der Waals surface area contributed by atoms with Crippen molar-refractivity contribution in [1.29, 1.82) is 0 Å². The summed E-state index contributed by atoms with van der Waals surface area (Å²) in [5.74, 6) is -0.0675. The van der Waals surface area contributed by atoms with Crippen LogP contribution in [0.2, 0.25) is 0 Å². The van der Waals surface area contributed by atoms with E-state index in [9.17, 15) is 14.9 Å². The molecular weight excluding hydrogens is 334 g/mol. The minimum atomic E-state index is -0.500. The number of nitrogens with zero attached hydrogens (tertiary/aromatic N) is 2. The normalized spacial score (nSPS) is 13.0. The third-order valence-electron chi connectivity index (χ3n) is 4.67. The molecule has 7 heteroatoms. The molecule has 0 aliphatic heterocycles. The van der Waals surface area contributed by atoms with E-state index in [0.29, 0.717) is 11.3 Å². The molecule has 1 heterocycles. The molecule has 1 amide bonds. The van der Waals surface area contributed by atoms with Crippen molar-refractivity contribution in [1.82, 2.24) is 0 Å². The Morgan fingerprint density at radius 3 is 2.73 bits per heavy atom. The Morgan fingerprint density at radius 1 is 1.31 bits per heavy atom. The molecule has 0 saturated carbocycles. The average molecular weight is 356 g/mol. The molecule has 0 bridgehead atoms. The van der Waals surface area contributed by atoms with Gasteiger partial charge in [0, 0.05) is 29.4 Å². The van der Waals surface area contributed by atoms with E-state index < -0.39 is 4.92 Å². The van der Waals surface area contributed by atoms with Crippen LogP contribution in [-0.2, 0) is 24.2 Å². The molecule has 1 N–H and O–H groups in total. The first kappa shape index (κ1) is 17.8. The molecule has 0 unspecified atom stereocenters. The number of nitro groups is 1. The SMILES string of the molecule is COc1cc(NC(=O)C[n+]2ccc3c(c2)CCCC3)c(C)cc1[N+](=O)[O-]. The number of benzene rings is 1. The van der Waals surface area contributed by atoms with Gasteiger partial charge < -0.3 is 10.1 Å². The zero-order chi connectivity index (χ0) is 18.7. The van der Waals surface area contributed by atoms with Crippen LogP contribution in [0.25, 0.3) is 0 Å². The van der Waals surface area contributed by atoms with Gasteiger partial charge in [0.2, 0.25) is 6.54 Å². The predicted molar refractivity (Wildman–Crippen MR) is 96.3 cm³/mol. The van der Waals surface area contributed by atoms with Gasteiger partial charge in [-0.2, -0.15) is 4.57 Å². The number of hydrogen-bond acceptors (Lipinski definition) is 4. The summed E-state index contributed by atoms with van der Waals surface area (Å²) in [6.45, 7) is 1.90. The van der Waals surface area contributed by atoms with Crippen LogP contribution < -0.4 is 14.6 Å². The van der Waals surface area contributed by atoms with Crippen molar-refractivity contribution in [3.63, 3.8) is 0 Å². The highest BCUT2D eigenvalue weighted by molar-refractivity contribution is 5.91. The lowest BCUT2D eigenvalue weighted by atomic mass is 9.93. The van der Waals surface area contributed by atoms with Crippen LogP contribution in [-0.4, -0.2) is 17.9 Å². The molecule has 3 rings (SSSR count). The summed E-state index contributed by atoms with van der Waals surface area (Å²) in [7, 11) is 1.37. The van der Waals surface area contributed by atoms with Crippen LogP contribution in [0.15, 0.2) is 30.6 Å².